The van der Waals surface area contributed by atoms with Gasteiger partial charge in [0.2, 0.25) is 0 Å². The molecular formula is C16H25N3O. The molecule has 1 fully saturated rings. The maximum absolute atomic E-state index is 12.1. The molecule has 20 heavy (non-hydrogen) atoms. The first-order chi connectivity index (χ1) is 9.72. The SMILES string of the molecule is CCNc1ccc(C(=O)NCC2CCN(CC)C2)cc1. The molecule has 0 aromatic heterocycles. The first-order valence-electron chi connectivity index (χ1n) is 7.57. The number of carbonyl (C=O) groups excluding carboxylic acids is 1. The van der Waals surface area contributed by atoms with Crippen LogP contribution in [-0.4, -0.2) is 43.5 Å². The van der Waals surface area contributed by atoms with Crippen LogP contribution in [0.25, 0.3) is 0 Å². The van der Waals surface area contributed by atoms with E-state index >= 15 is 0 Å². The molecule has 110 valence electrons. The number of hydrogen-bond acceptors (Lipinski definition) is 3. The zero-order valence-electron chi connectivity index (χ0n) is 12.5. The van der Waals surface area contributed by atoms with Crippen LogP contribution in [0.4, 0.5) is 5.69 Å². The zero-order valence-corrected chi connectivity index (χ0v) is 12.5. The molecule has 2 N–H and O–H groups in total. The van der Waals surface area contributed by atoms with E-state index in [-0.39, 0.29) is 5.91 Å². The van der Waals surface area contributed by atoms with Gasteiger partial charge in [0.05, 0.1) is 0 Å². The van der Waals surface area contributed by atoms with Gasteiger partial charge in [-0.3, -0.25) is 4.79 Å². The molecule has 0 aliphatic carbocycles. The lowest BCUT2D eigenvalue weighted by Gasteiger charge is -2.14. The van der Waals surface area contributed by atoms with E-state index < -0.39 is 0 Å². The van der Waals surface area contributed by atoms with E-state index in [1.165, 1.54) is 6.42 Å². The smallest absolute Gasteiger partial charge is 0.251 e. The Morgan fingerprint density at radius 2 is 2.05 bits per heavy atom. The fourth-order valence-electron chi connectivity index (χ4n) is 2.65. The zero-order chi connectivity index (χ0) is 14.4. The van der Waals surface area contributed by atoms with Gasteiger partial charge >= 0.3 is 0 Å². The van der Waals surface area contributed by atoms with Gasteiger partial charge in [0.25, 0.3) is 5.91 Å². The summed E-state index contributed by atoms with van der Waals surface area (Å²) in [5, 5.41) is 6.28. The normalized spacial score (nSPS) is 19.0. The first-order valence-corrected chi connectivity index (χ1v) is 7.57. The van der Waals surface area contributed by atoms with Gasteiger partial charge < -0.3 is 15.5 Å². The van der Waals surface area contributed by atoms with Gasteiger partial charge in [0, 0.05) is 30.9 Å². The second kappa shape index (κ2) is 7.29. The molecule has 1 atom stereocenters. The minimum atomic E-state index is 0.0306. The number of anilines is 1. The van der Waals surface area contributed by atoms with Gasteiger partial charge in [-0.1, -0.05) is 6.92 Å². The Hall–Kier alpha value is -1.55. The molecule has 1 heterocycles. The Bertz CT molecular complexity index is 430. The van der Waals surface area contributed by atoms with Crippen LogP contribution < -0.4 is 10.6 Å². The quantitative estimate of drug-likeness (QED) is 0.836. The van der Waals surface area contributed by atoms with E-state index in [4.69, 9.17) is 0 Å². The van der Waals surface area contributed by atoms with Gasteiger partial charge in [-0.25, -0.2) is 0 Å². The van der Waals surface area contributed by atoms with Crippen molar-refractivity contribution in [3.63, 3.8) is 0 Å². The Kier molecular flexibility index (Phi) is 5.41. The molecule has 0 spiro atoms. The predicted octanol–water partition coefficient (Wildman–Crippen LogP) is 2.19. The average molecular weight is 275 g/mol. The lowest BCUT2D eigenvalue weighted by atomic mass is 10.1. The van der Waals surface area contributed by atoms with Crippen molar-refractivity contribution in [1.29, 1.82) is 0 Å². The molecule has 1 unspecified atom stereocenters. The van der Waals surface area contributed by atoms with Crippen LogP contribution >= 0.6 is 0 Å². The molecule has 2 rings (SSSR count). The second-order valence-corrected chi connectivity index (χ2v) is 5.37. The van der Waals surface area contributed by atoms with Crippen LogP contribution in [-0.2, 0) is 0 Å². The summed E-state index contributed by atoms with van der Waals surface area (Å²) in [4.78, 5) is 14.5. The average Bonchev–Trinajstić information content (AvgIpc) is 2.94. The number of nitrogens with zero attached hydrogens (tertiary/aromatic N) is 1. The lowest BCUT2D eigenvalue weighted by Crippen LogP contribution is -2.31. The Morgan fingerprint density at radius 3 is 2.65 bits per heavy atom. The number of benzene rings is 1. The van der Waals surface area contributed by atoms with E-state index in [1.807, 2.05) is 24.3 Å². The Labute approximate surface area is 121 Å². The summed E-state index contributed by atoms with van der Waals surface area (Å²) in [5.41, 5.74) is 1.79. The monoisotopic (exact) mass is 275 g/mol. The van der Waals surface area contributed by atoms with Crippen molar-refractivity contribution in [2.75, 3.05) is 38.0 Å². The fraction of sp³-hybridized carbons (Fsp3) is 0.562. The number of rotatable bonds is 6. The largest absolute Gasteiger partial charge is 0.385 e. The van der Waals surface area contributed by atoms with Crippen molar-refractivity contribution >= 4 is 11.6 Å². The number of hydrogen-bond donors (Lipinski definition) is 2. The first kappa shape index (κ1) is 14.9. The fourth-order valence-corrected chi connectivity index (χ4v) is 2.65. The summed E-state index contributed by atoms with van der Waals surface area (Å²) in [6.07, 6.45) is 1.19. The standard InChI is InChI=1S/C16H25N3O/c1-3-17-15-7-5-14(6-8-15)16(20)18-11-13-9-10-19(4-2)12-13/h5-8,13,17H,3-4,9-12H2,1-2H3,(H,18,20). The van der Waals surface area contributed by atoms with E-state index in [1.54, 1.807) is 0 Å². The van der Waals surface area contributed by atoms with Gasteiger partial charge in [-0.05, 0) is 56.6 Å². The van der Waals surface area contributed by atoms with Crippen molar-refractivity contribution in [2.24, 2.45) is 5.92 Å². The van der Waals surface area contributed by atoms with Crippen molar-refractivity contribution in [3.05, 3.63) is 29.8 Å². The molecule has 4 nitrogen and oxygen atoms in total. The van der Waals surface area contributed by atoms with Crippen LogP contribution in [0.2, 0.25) is 0 Å². The van der Waals surface area contributed by atoms with Gasteiger partial charge in [-0.2, -0.15) is 0 Å². The Balaban J connectivity index is 1.79. The molecule has 4 heteroatoms. The second-order valence-electron chi connectivity index (χ2n) is 5.37. The highest BCUT2D eigenvalue weighted by Crippen LogP contribution is 2.15. The summed E-state index contributed by atoms with van der Waals surface area (Å²) in [6, 6.07) is 7.65. The minimum absolute atomic E-state index is 0.0306. The van der Waals surface area contributed by atoms with Crippen LogP contribution in [0.1, 0.15) is 30.6 Å². The third-order valence-electron chi connectivity index (χ3n) is 3.90. The summed E-state index contributed by atoms with van der Waals surface area (Å²) in [5.74, 6) is 0.628. The van der Waals surface area contributed by atoms with Gasteiger partial charge in [0.15, 0.2) is 0 Å². The van der Waals surface area contributed by atoms with Crippen LogP contribution in [0.5, 0.6) is 0 Å². The maximum atomic E-state index is 12.1. The van der Waals surface area contributed by atoms with Crippen molar-refractivity contribution < 1.29 is 4.79 Å². The lowest BCUT2D eigenvalue weighted by molar-refractivity contribution is 0.0947. The molecule has 1 aromatic carbocycles. The molecule has 1 amide bonds. The number of carbonyl (C=O) groups is 1. The highest BCUT2D eigenvalue weighted by Gasteiger charge is 2.21. The van der Waals surface area contributed by atoms with Crippen molar-refractivity contribution in [2.45, 2.75) is 20.3 Å². The van der Waals surface area contributed by atoms with E-state index in [9.17, 15) is 4.79 Å². The van der Waals surface area contributed by atoms with Crippen LogP contribution in [0, 0.1) is 5.92 Å². The van der Waals surface area contributed by atoms with Crippen LogP contribution in [0.15, 0.2) is 24.3 Å². The van der Waals surface area contributed by atoms with Gasteiger partial charge in [0.1, 0.15) is 0 Å². The highest BCUT2D eigenvalue weighted by molar-refractivity contribution is 5.94. The third-order valence-corrected chi connectivity index (χ3v) is 3.90. The van der Waals surface area contributed by atoms with Crippen molar-refractivity contribution in [3.8, 4) is 0 Å². The van der Waals surface area contributed by atoms with E-state index in [0.717, 1.165) is 44.0 Å². The maximum Gasteiger partial charge on any atom is 0.251 e. The molecule has 0 radical (unpaired) electrons. The Morgan fingerprint density at radius 1 is 1.30 bits per heavy atom. The van der Waals surface area contributed by atoms with E-state index in [0.29, 0.717) is 5.92 Å². The van der Waals surface area contributed by atoms with E-state index in [2.05, 4.69) is 29.4 Å². The molecule has 1 aliphatic heterocycles. The predicted molar refractivity (Wildman–Crippen MR) is 83.2 cm³/mol. The summed E-state index contributed by atoms with van der Waals surface area (Å²) >= 11 is 0. The minimum Gasteiger partial charge on any atom is -0.385 e. The molecule has 1 saturated heterocycles. The van der Waals surface area contributed by atoms with Crippen LogP contribution in [0.3, 0.4) is 0 Å². The number of nitrogens with one attached hydrogen (secondary N) is 2. The molecule has 1 aliphatic rings. The number of likely N-dealkylation sites (tertiary alicyclic amines) is 1. The van der Waals surface area contributed by atoms with Gasteiger partial charge in [-0.15, -0.1) is 0 Å². The molecule has 0 bridgehead atoms. The summed E-state index contributed by atoms with van der Waals surface area (Å²) < 4.78 is 0. The molecule has 0 saturated carbocycles. The summed E-state index contributed by atoms with van der Waals surface area (Å²) in [7, 11) is 0. The topological polar surface area (TPSA) is 44.4 Å². The highest BCUT2D eigenvalue weighted by atomic mass is 16.1. The third kappa shape index (κ3) is 3.97. The number of amides is 1. The van der Waals surface area contributed by atoms with Crippen molar-refractivity contribution in [1.82, 2.24) is 10.2 Å². The summed E-state index contributed by atoms with van der Waals surface area (Å²) in [6.45, 7) is 9.29. The molecular weight excluding hydrogens is 250 g/mol. The molecule has 1 aromatic rings.